The molecule has 4 rings (SSSR count). The van der Waals surface area contributed by atoms with Gasteiger partial charge in [0, 0.05) is 31.4 Å². The van der Waals surface area contributed by atoms with Crippen LogP contribution in [0.2, 0.25) is 0 Å². The largest absolute Gasteiger partial charge is 0.365 e. The molecule has 4 heterocycles. The number of carbonyl (C=O) groups excluding carboxylic acids is 1. The number of nitrogens with zero attached hydrogens (tertiary/aromatic N) is 5. The molecule has 2 aliphatic heterocycles. The number of rotatable bonds is 8. The van der Waals surface area contributed by atoms with Crippen molar-refractivity contribution in [3.63, 3.8) is 0 Å². The molecule has 2 saturated heterocycles. The highest BCUT2D eigenvalue weighted by Crippen LogP contribution is 2.39. The Morgan fingerprint density at radius 2 is 1.89 bits per heavy atom. The zero-order valence-corrected chi connectivity index (χ0v) is 23.5. The van der Waals surface area contributed by atoms with Crippen molar-refractivity contribution >= 4 is 27.4 Å². The van der Waals surface area contributed by atoms with Crippen molar-refractivity contribution in [2.45, 2.75) is 61.9 Å². The lowest BCUT2D eigenvalue weighted by Crippen LogP contribution is -2.40. The molecule has 2 aromatic heterocycles. The normalized spacial score (nSPS) is 20.5. The maximum Gasteiger partial charge on any atom is 0.253 e. The first kappa shape index (κ1) is 27.3. The molecular formula is C27H40N6O3S. The third kappa shape index (κ3) is 5.75. The van der Waals surface area contributed by atoms with E-state index in [4.69, 9.17) is 5.73 Å². The standard InChI is InChI=1S/C27H40N6O3S/c1-19-17-27(2,3)33(18-19)26-24(25(28)34)21(9-13-29-26)37(35,36)23-8-6-7-22(30-23)32-15-11-20(12-16-32)10-14-31(4)5/h6-9,13,19-20H,10-12,14-18H2,1-5H3,(H2,28,34). The van der Waals surface area contributed by atoms with Gasteiger partial charge >= 0.3 is 0 Å². The predicted molar refractivity (Wildman–Crippen MR) is 146 cm³/mol. The minimum Gasteiger partial charge on any atom is -0.365 e. The van der Waals surface area contributed by atoms with E-state index in [1.165, 1.54) is 18.3 Å². The number of primary amides is 1. The van der Waals surface area contributed by atoms with Gasteiger partial charge in [-0.05, 0) is 90.2 Å². The second-order valence-electron chi connectivity index (χ2n) is 11.5. The van der Waals surface area contributed by atoms with E-state index in [1.54, 1.807) is 6.07 Å². The summed E-state index contributed by atoms with van der Waals surface area (Å²) in [5.74, 6) is 1.18. The van der Waals surface area contributed by atoms with Crippen molar-refractivity contribution in [2.24, 2.45) is 17.6 Å². The lowest BCUT2D eigenvalue weighted by atomic mass is 9.93. The maximum atomic E-state index is 13.8. The summed E-state index contributed by atoms with van der Waals surface area (Å²) in [4.78, 5) is 27.9. The SMILES string of the molecule is CC1CN(c2nccc(S(=O)(=O)c3cccc(N4CCC(CCN(C)C)CC4)n3)c2C(N)=O)C(C)(C)C1. The fraction of sp³-hybridized carbons (Fsp3) is 0.593. The molecule has 0 aliphatic carbocycles. The van der Waals surface area contributed by atoms with E-state index in [1.807, 2.05) is 11.0 Å². The number of nitrogens with two attached hydrogens (primary N) is 1. The monoisotopic (exact) mass is 528 g/mol. The van der Waals surface area contributed by atoms with Crippen LogP contribution >= 0.6 is 0 Å². The van der Waals surface area contributed by atoms with Gasteiger partial charge in [0.25, 0.3) is 5.91 Å². The van der Waals surface area contributed by atoms with Crippen LogP contribution < -0.4 is 15.5 Å². The number of carbonyl (C=O) groups is 1. The molecule has 37 heavy (non-hydrogen) atoms. The number of anilines is 2. The summed E-state index contributed by atoms with van der Waals surface area (Å²) in [6.07, 6.45) is 5.61. The summed E-state index contributed by atoms with van der Waals surface area (Å²) >= 11 is 0. The molecule has 0 aromatic carbocycles. The first-order valence-electron chi connectivity index (χ1n) is 13.1. The van der Waals surface area contributed by atoms with Crippen LogP contribution in [0.5, 0.6) is 0 Å². The van der Waals surface area contributed by atoms with E-state index in [0.29, 0.717) is 30.0 Å². The van der Waals surface area contributed by atoms with Gasteiger partial charge in [-0.15, -0.1) is 0 Å². The molecule has 9 nitrogen and oxygen atoms in total. The Morgan fingerprint density at radius 3 is 2.49 bits per heavy atom. The molecule has 1 amide bonds. The van der Waals surface area contributed by atoms with Gasteiger partial charge in [0.15, 0.2) is 5.03 Å². The Labute approximate surface area is 221 Å². The van der Waals surface area contributed by atoms with E-state index in [0.717, 1.165) is 45.3 Å². The van der Waals surface area contributed by atoms with Crippen LogP contribution in [-0.2, 0) is 9.84 Å². The molecule has 0 spiro atoms. The van der Waals surface area contributed by atoms with Gasteiger partial charge in [0.1, 0.15) is 17.2 Å². The van der Waals surface area contributed by atoms with Gasteiger partial charge in [0.2, 0.25) is 9.84 Å². The molecule has 2 fully saturated rings. The van der Waals surface area contributed by atoms with Crippen molar-refractivity contribution in [1.29, 1.82) is 0 Å². The van der Waals surface area contributed by atoms with E-state index in [2.05, 4.69) is 54.6 Å². The number of hydrogen-bond donors (Lipinski definition) is 1. The molecule has 0 saturated carbocycles. The third-order valence-electron chi connectivity index (χ3n) is 7.66. The maximum absolute atomic E-state index is 13.8. The molecule has 2 N–H and O–H groups in total. The van der Waals surface area contributed by atoms with Crippen LogP contribution in [0.1, 0.15) is 56.8 Å². The van der Waals surface area contributed by atoms with Gasteiger partial charge in [-0.25, -0.2) is 18.4 Å². The topological polar surface area (TPSA) is 113 Å². The second-order valence-corrected chi connectivity index (χ2v) is 13.3. The summed E-state index contributed by atoms with van der Waals surface area (Å²) in [7, 11) is 0.0620. The molecular weight excluding hydrogens is 488 g/mol. The second kappa shape index (κ2) is 10.6. The number of piperidine rings is 1. The smallest absolute Gasteiger partial charge is 0.253 e. The van der Waals surface area contributed by atoms with E-state index in [9.17, 15) is 13.2 Å². The molecule has 1 unspecified atom stereocenters. The fourth-order valence-corrected chi connectivity index (χ4v) is 7.18. The van der Waals surface area contributed by atoms with Crippen LogP contribution in [0.25, 0.3) is 0 Å². The molecule has 1 atom stereocenters. The number of sulfone groups is 1. The minimum absolute atomic E-state index is 0.0708. The van der Waals surface area contributed by atoms with Crippen LogP contribution in [-0.4, -0.2) is 75.0 Å². The summed E-state index contributed by atoms with van der Waals surface area (Å²) in [5.41, 5.74) is 5.43. The number of hydrogen-bond acceptors (Lipinski definition) is 8. The first-order valence-corrected chi connectivity index (χ1v) is 14.6. The van der Waals surface area contributed by atoms with E-state index >= 15 is 0 Å². The zero-order valence-electron chi connectivity index (χ0n) is 22.6. The summed E-state index contributed by atoms with van der Waals surface area (Å²) in [6, 6.07) is 6.40. The molecule has 202 valence electrons. The molecule has 0 radical (unpaired) electrons. The summed E-state index contributed by atoms with van der Waals surface area (Å²) in [5, 5.41) is -0.0894. The Hall–Kier alpha value is -2.72. The minimum atomic E-state index is -4.12. The van der Waals surface area contributed by atoms with E-state index < -0.39 is 15.7 Å². The van der Waals surface area contributed by atoms with Gasteiger partial charge in [-0.1, -0.05) is 13.0 Å². The highest BCUT2D eigenvalue weighted by molar-refractivity contribution is 7.91. The average Bonchev–Trinajstić information content (AvgIpc) is 3.14. The molecule has 0 bridgehead atoms. The van der Waals surface area contributed by atoms with Crippen molar-refractivity contribution < 1.29 is 13.2 Å². The highest BCUT2D eigenvalue weighted by atomic mass is 32.2. The van der Waals surface area contributed by atoms with Crippen LogP contribution in [0.15, 0.2) is 40.4 Å². The molecule has 2 aliphatic rings. The Bertz CT molecular complexity index is 1240. The van der Waals surface area contributed by atoms with Gasteiger partial charge < -0.3 is 20.4 Å². The highest BCUT2D eigenvalue weighted by Gasteiger charge is 2.40. The molecule has 2 aromatic rings. The van der Waals surface area contributed by atoms with Crippen molar-refractivity contribution in [1.82, 2.24) is 14.9 Å². The van der Waals surface area contributed by atoms with Crippen LogP contribution in [0.4, 0.5) is 11.6 Å². The van der Waals surface area contributed by atoms with Gasteiger partial charge in [0.05, 0.1) is 4.90 Å². The summed E-state index contributed by atoms with van der Waals surface area (Å²) in [6.45, 7) is 9.68. The lowest BCUT2D eigenvalue weighted by Gasteiger charge is -2.34. The van der Waals surface area contributed by atoms with Crippen molar-refractivity contribution in [3.05, 3.63) is 36.0 Å². The van der Waals surface area contributed by atoms with Crippen molar-refractivity contribution in [3.8, 4) is 0 Å². The predicted octanol–water partition coefficient (Wildman–Crippen LogP) is 3.20. The quantitative estimate of drug-likeness (QED) is 0.556. The zero-order chi connectivity index (χ0) is 27.0. The Morgan fingerprint density at radius 1 is 1.19 bits per heavy atom. The number of amides is 1. The lowest BCUT2D eigenvalue weighted by molar-refractivity contribution is 0.0997. The Kier molecular flexibility index (Phi) is 7.80. The van der Waals surface area contributed by atoms with E-state index in [-0.39, 0.29) is 21.0 Å². The number of pyridine rings is 2. The molecule has 10 heteroatoms. The average molecular weight is 529 g/mol. The third-order valence-corrected chi connectivity index (χ3v) is 9.36. The number of aromatic nitrogens is 2. The van der Waals surface area contributed by atoms with Crippen LogP contribution in [0, 0.1) is 11.8 Å². The van der Waals surface area contributed by atoms with Gasteiger partial charge in [-0.2, -0.15) is 0 Å². The Balaban J connectivity index is 1.64. The van der Waals surface area contributed by atoms with Crippen molar-refractivity contribution in [2.75, 3.05) is 50.1 Å². The first-order chi connectivity index (χ1) is 17.4. The van der Waals surface area contributed by atoms with Crippen LogP contribution in [0.3, 0.4) is 0 Å². The van der Waals surface area contributed by atoms with Gasteiger partial charge in [-0.3, -0.25) is 4.79 Å². The summed E-state index contributed by atoms with van der Waals surface area (Å²) < 4.78 is 27.7. The fourth-order valence-electron chi connectivity index (χ4n) is 5.79.